The number of amides is 1. The van der Waals surface area contributed by atoms with Crippen LogP contribution in [0.5, 0.6) is 5.75 Å². The first-order chi connectivity index (χ1) is 18.9. The quantitative estimate of drug-likeness (QED) is 0.268. The van der Waals surface area contributed by atoms with E-state index in [-0.39, 0.29) is 5.91 Å². The summed E-state index contributed by atoms with van der Waals surface area (Å²) in [6.07, 6.45) is 3.13. The van der Waals surface area contributed by atoms with Crippen molar-refractivity contribution in [3.8, 4) is 11.8 Å². The first-order valence-corrected chi connectivity index (χ1v) is 13.5. The third kappa shape index (κ3) is 4.89. The Morgan fingerprint density at radius 1 is 0.949 bits per heavy atom. The smallest absolute Gasteiger partial charge is 0.243 e. The largest absolute Gasteiger partial charge is 0.496 e. The summed E-state index contributed by atoms with van der Waals surface area (Å²) in [5.41, 5.74) is 1.00. The zero-order chi connectivity index (χ0) is 27.6. The maximum Gasteiger partial charge on any atom is 0.243 e. The van der Waals surface area contributed by atoms with Crippen molar-refractivity contribution in [3.63, 3.8) is 0 Å². The molecule has 6 nitrogen and oxygen atoms in total. The van der Waals surface area contributed by atoms with Crippen molar-refractivity contribution in [2.45, 2.75) is 12.8 Å². The molecule has 0 N–H and O–H groups in total. The lowest BCUT2D eigenvalue weighted by Crippen LogP contribution is -2.54. The van der Waals surface area contributed by atoms with Crippen LogP contribution in [0, 0.1) is 16.7 Å². The van der Waals surface area contributed by atoms with E-state index in [4.69, 9.17) is 27.9 Å². The zero-order valence-electron chi connectivity index (χ0n) is 21.8. The number of aromatic nitrogens is 1. The molecule has 1 aliphatic rings. The number of carbonyl (C=O) groups is 1. The number of para-hydroxylation sites is 1. The number of halogens is 2. The van der Waals surface area contributed by atoms with Crippen LogP contribution in [0.2, 0.25) is 10.0 Å². The van der Waals surface area contributed by atoms with Gasteiger partial charge in [-0.2, -0.15) is 5.26 Å². The number of benzene rings is 3. The number of piperazine rings is 1. The summed E-state index contributed by atoms with van der Waals surface area (Å²) < 4.78 is 5.74. The Hall–Kier alpha value is -3.79. The highest BCUT2D eigenvalue weighted by atomic mass is 35.5. The van der Waals surface area contributed by atoms with Crippen LogP contribution >= 0.6 is 23.2 Å². The number of rotatable bonds is 6. The number of fused-ring (bicyclic) bond motifs is 1. The first-order valence-electron chi connectivity index (χ1n) is 12.7. The van der Waals surface area contributed by atoms with Crippen LogP contribution in [0.15, 0.2) is 79.1 Å². The van der Waals surface area contributed by atoms with Gasteiger partial charge in [0, 0.05) is 50.1 Å². The molecule has 8 heteroatoms. The van der Waals surface area contributed by atoms with Crippen molar-refractivity contribution in [2.75, 3.05) is 38.2 Å². The molecule has 1 saturated heterocycles. The molecule has 0 aliphatic carbocycles. The molecule has 1 amide bonds. The summed E-state index contributed by atoms with van der Waals surface area (Å²) in [5, 5.41) is 13.7. The Morgan fingerprint density at radius 3 is 2.26 bits per heavy atom. The van der Waals surface area contributed by atoms with E-state index in [0.29, 0.717) is 47.7 Å². The van der Waals surface area contributed by atoms with Gasteiger partial charge < -0.3 is 14.5 Å². The lowest BCUT2D eigenvalue weighted by atomic mass is 9.68. The number of hydrogen-bond acceptors (Lipinski definition) is 5. The predicted octanol–water partition coefficient (Wildman–Crippen LogP) is 6.56. The lowest BCUT2D eigenvalue weighted by molar-refractivity contribution is -0.139. The van der Waals surface area contributed by atoms with Gasteiger partial charge in [-0.15, -0.1) is 0 Å². The highest BCUT2D eigenvalue weighted by Gasteiger charge is 2.47. The average molecular weight is 559 g/mol. The second kappa shape index (κ2) is 11.1. The summed E-state index contributed by atoms with van der Waals surface area (Å²) in [6.45, 7) is 3.67. The maximum atomic E-state index is 14.3. The fraction of sp³-hybridized carbons (Fsp3) is 0.258. The molecule has 198 valence electrons. The van der Waals surface area contributed by atoms with Gasteiger partial charge in [0.15, 0.2) is 0 Å². The van der Waals surface area contributed by atoms with E-state index >= 15 is 0 Å². The van der Waals surface area contributed by atoms with E-state index in [9.17, 15) is 10.1 Å². The number of carbonyl (C=O) groups excluding carboxylic acids is 1. The fourth-order valence-electron chi connectivity index (χ4n) is 5.60. The van der Waals surface area contributed by atoms with Crippen LogP contribution in [0.3, 0.4) is 0 Å². The molecule has 1 aromatic heterocycles. The standard InChI is InChI=1S/C31H28Cl2N4O2/c1-31(20-34,30(38)37-16-14-36(15-17-37)29-25(32)18-35-19-26(29)33)28(24-11-5-6-13-27(24)39-2)23-12-7-9-21-8-3-4-10-22(21)23/h3-13,18-19,28H,14-17H2,1-2H3/t28-,31+/m1/s1. The van der Waals surface area contributed by atoms with Crippen molar-refractivity contribution in [3.05, 3.63) is 100 Å². The average Bonchev–Trinajstić information content (AvgIpc) is 2.97. The first kappa shape index (κ1) is 26.8. The number of nitriles is 1. The van der Waals surface area contributed by atoms with Crippen LogP contribution in [0.1, 0.15) is 24.0 Å². The van der Waals surface area contributed by atoms with Crippen molar-refractivity contribution >= 4 is 45.6 Å². The van der Waals surface area contributed by atoms with Gasteiger partial charge >= 0.3 is 0 Å². The normalized spacial score (nSPS) is 15.9. The molecule has 0 saturated carbocycles. The molecule has 1 fully saturated rings. The molecule has 39 heavy (non-hydrogen) atoms. The van der Waals surface area contributed by atoms with Gasteiger partial charge in [0.05, 0.1) is 28.9 Å². The van der Waals surface area contributed by atoms with E-state index in [1.165, 1.54) is 0 Å². The summed E-state index contributed by atoms with van der Waals surface area (Å²) in [7, 11) is 1.61. The maximum absolute atomic E-state index is 14.3. The van der Waals surface area contributed by atoms with Crippen LogP contribution in [-0.4, -0.2) is 49.1 Å². The Balaban J connectivity index is 1.55. The molecule has 0 unspecified atom stereocenters. The lowest BCUT2D eigenvalue weighted by Gasteiger charge is -2.41. The Labute approximate surface area is 238 Å². The van der Waals surface area contributed by atoms with Crippen molar-refractivity contribution in [1.82, 2.24) is 9.88 Å². The Bertz CT molecular complexity index is 1540. The van der Waals surface area contributed by atoms with Gasteiger partial charge in [-0.3, -0.25) is 9.78 Å². The molecule has 3 aromatic carbocycles. The monoisotopic (exact) mass is 558 g/mol. The minimum absolute atomic E-state index is 0.222. The Kier molecular flexibility index (Phi) is 7.65. The van der Waals surface area contributed by atoms with Crippen LogP contribution in [0.25, 0.3) is 10.8 Å². The third-order valence-corrected chi connectivity index (χ3v) is 8.10. The number of methoxy groups -OCH3 is 1. The third-order valence-electron chi connectivity index (χ3n) is 7.55. The second-order valence-electron chi connectivity index (χ2n) is 9.79. The van der Waals surface area contributed by atoms with Crippen LogP contribution < -0.4 is 9.64 Å². The van der Waals surface area contributed by atoms with Gasteiger partial charge in [0.1, 0.15) is 11.2 Å². The highest BCUT2D eigenvalue weighted by Crippen LogP contribution is 2.47. The minimum Gasteiger partial charge on any atom is -0.496 e. The van der Waals surface area contributed by atoms with Crippen LogP contribution in [0.4, 0.5) is 5.69 Å². The predicted molar refractivity (Wildman–Crippen MR) is 156 cm³/mol. The van der Waals surface area contributed by atoms with E-state index < -0.39 is 11.3 Å². The summed E-state index contributed by atoms with van der Waals surface area (Å²) in [5.74, 6) is -0.156. The molecule has 0 bridgehead atoms. The Morgan fingerprint density at radius 2 is 1.56 bits per heavy atom. The van der Waals surface area contributed by atoms with Gasteiger partial charge in [-0.1, -0.05) is 83.9 Å². The summed E-state index contributed by atoms with van der Waals surface area (Å²) in [4.78, 5) is 22.2. The zero-order valence-corrected chi connectivity index (χ0v) is 23.3. The number of nitrogens with zero attached hydrogens (tertiary/aromatic N) is 4. The molecule has 5 rings (SSSR count). The van der Waals surface area contributed by atoms with Crippen LogP contribution in [-0.2, 0) is 4.79 Å². The molecule has 0 spiro atoms. The summed E-state index contributed by atoms with van der Waals surface area (Å²) in [6, 6.07) is 24.1. The van der Waals surface area contributed by atoms with E-state index in [0.717, 1.165) is 21.9 Å². The van der Waals surface area contributed by atoms with Crippen molar-refractivity contribution in [2.24, 2.45) is 5.41 Å². The number of pyridine rings is 1. The number of hydrogen-bond donors (Lipinski definition) is 0. The molecule has 2 atom stereocenters. The van der Waals surface area contributed by atoms with Gasteiger partial charge in [-0.05, 0) is 29.3 Å². The number of ether oxygens (including phenoxy) is 1. The van der Waals surface area contributed by atoms with E-state index in [1.54, 1.807) is 31.3 Å². The molecule has 0 radical (unpaired) electrons. The topological polar surface area (TPSA) is 69.5 Å². The van der Waals surface area contributed by atoms with Crippen molar-refractivity contribution < 1.29 is 9.53 Å². The van der Waals surface area contributed by atoms with Gasteiger partial charge in [0.2, 0.25) is 5.91 Å². The molecule has 4 aromatic rings. The van der Waals surface area contributed by atoms with Crippen molar-refractivity contribution in [1.29, 1.82) is 5.26 Å². The van der Waals surface area contributed by atoms with Gasteiger partial charge in [0.25, 0.3) is 0 Å². The second-order valence-corrected chi connectivity index (χ2v) is 10.6. The fourth-order valence-corrected chi connectivity index (χ4v) is 6.20. The number of anilines is 1. The highest BCUT2D eigenvalue weighted by molar-refractivity contribution is 6.38. The molecule has 2 heterocycles. The summed E-state index contributed by atoms with van der Waals surface area (Å²) >= 11 is 12.8. The minimum atomic E-state index is -1.41. The molecule has 1 aliphatic heterocycles. The van der Waals surface area contributed by atoms with E-state index in [2.05, 4.69) is 16.0 Å². The van der Waals surface area contributed by atoms with Gasteiger partial charge in [-0.25, -0.2) is 0 Å². The molecular weight excluding hydrogens is 531 g/mol. The molecular formula is C31H28Cl2N4O2. The van der Waals surface area contributed by atoms with E-state index in [1.807, 2.05) is 66.7 Å². The SMILES string of the molecule is COc1ccccc1[C@@H](c1cccc2ccccc12)[C@](C)(C#N)C(=O)N1CCN(c2c(Cl)cncc2Cl)CC1.